The lowest BCUT2D eigenvalue weighted by Crippen LogP contribution is -2.39. The van der Waals surface area contributed by atoms with Crippen LogP contribution in [-0.2, 0) is 14.2 Å². The van der Waals surface area contributed by atoms with Crippen molar-refractivity contribution in [3.05, 3.63) is 0 Å². The van der Waals surface area contributed by atoms with Crippen molar-refractivity contribution < 1.29 is 14.2 Å². The minimum atomic E-state index is -0.296. The van der Waals surface area contributed by atoms with Crippen LogP contribution in [0.3, 0.4) is 0 Å². The van der Waals surface area contributed by atoms with E-state index >= 15 is 0 Å². The van der Waals surface area contributed by atoms with E-state index in [9.17, 15) is 0 Å². The van der Waals surface area contributed by atoms with E-state index in [2.05, 4.69) is 27.0 Å². The molecule has 0 fully saturated rings. The Hall–Kier alpha value is -1.01. The molecule has 0 N–H and O–H groups in total. The summed E-state index contributed by atoms with van der Waals surface area (Å²) in [4.78, 5) is 0. The maximum absolute atomic E-state index is 5.39. The normalized spacial score (nSPS) is 10.3. The zero-order valence-electron chi connectivity index (χ0n) is 10.5. The Morgan fingerprint density at radius 1 is 0.778 bits per heavy atom. The predicted octanol–water partition coefficient (Wildman–Crippen LogP) is 0.797. The highest BCUT2D eigenvalue weighted by Gasteiger charge is 2.29. The Morgan fingerprint density at radius 3 is 1.33 bits per heavy atom. The number of hydrogen-bond acceptors (Lipinski definition) is 3. The molecule has 0 spiro atoms. The summed E-state index contributed by atoms with van der Waals surface area (Å²) in [6.45, 7) is 2.10. The van der Waals surface area contributed by atoms with Gasteiger partial charge in [-0.15, -0.1) is 28.5 Å². The zero-order chi connectivity index (χ0) is 13.7. The van der Waals surface area contributed by atoms with Gasteiger partial charge in [0, 0.05) is 5.41 Å². The highest BCUT2D eigenvalue weighted by Crippen LogP contribution is 2.22. The summed E-state index contributed by atoms with van der Waals surface area (Å²) in [5.74, 6) is 7.27. The van der Waals surface area contributed by atoms with E-state index in [0.717, 1.165) is 6.16 Å². The van der Waals surface area contributed by atoms with Gasteiger partial charge in [0.05, 0.1) is 19.8 Å². The maximum Gasteiger partial charge on any atom is 0.107 e. The Kier molecular flexibility index (Phi) is 10.5. The minimum Gasteiger partial charge on any atom is -0.368 e. The molecule has 0 aromatic heterocycles. The summed E-state index contributed by atoms with van der Waals surface area (Å²) in [5.41, 5.74) is -0.296. The molecule has 0 aliphatic heterocycles. The lowest BCUT2D eigenvalue weighted by atomic mass is 9.94. The van der Waals surface area contributed by atoms with Gasteiger partial charge >= 0.3 is 0 Å². The molecule has 0 radical (unpaired) electrons. The molecular formula is C14H19O3P. The maximum atomic E-state index is 5.39. The predicted molar refractivity (Wildman–Crippen MR) is 76.0 cm³/mol. The molecule has 0 aliphatic carbocycles. The van der Waals surface area contributed by atoms with Gasteiger partial charge < -0.3 is 14.2 Å². The van der Waals surface area contributed by atoms with E-state index in [-0.39, 0.29) is 25.2 Å². The van der Waals surface area contributed by atoms with E-state index in [0.29, 0.717) is 19.8 Å². The van der Waals surface area contributed by atoms with Crippen LogP contribution in [0.4, 0.5) is 0 Å². The smallest absolute Gasteiger partial charge is 0.107 e. The molecule has 3 nitrogen and oxygen atoms in total. The Labute approximate surface area is 112 Å². The van der Waals surface area contributed by atoms with Gasteiger partial charge in [0.2, 0.25) is 0 Å². The third kappa shape index (κ3) is 7.34. The van der Waals surface area contributed by atoms with Gasteiger partial charge in [-0.25, -0.2) is 0 Å². The average Bonchev–Trinajstić information content (AvgIpc) is 2.39. The molecule has 4 heteroatoms. The fraction of sp³-hybridized carbons (Fsp3) is 0.571. The van der Waals surface area contributed by atoms with Crippen molar-refractivity contribution in [3.8, 4) is 37.0 Å². The second-order valence-corrected chi connectivity index (χ2v) is 4.20. The van der Waals surface area contributed by atoms with Crippen molar-refractivity contribution in [1.82, 2.24) is 0 Å². The summed E-state index contributed by atoms with van der Waals surface area (Å²) in [7, 11) is 2.66. The molecule has 0 aromatic carbocycles. The van der Waals surface area contributed by atoms with Crippen LogP contribution in [-0.4, -0.2) is 45.8 Å². The van der Waals surface area contributed by atoms with E-state index in [1.54, 1.807) is 0 Å². The monoisotopic (exact) mass is 266 g/mol. The van der Waals surface area contributed by atoms with Gasteiger partial charge in [-0.3, -0.25) is 0 Å². The molecule has 1 unspecified atom stereocenters. The van der Waals surface area contributed by atoms with Gasteiger partial charge in [-0.2, -0.15) is 0 Å². The summed E-state index contributed by atoms with van der Waals surface area (Å²) in [6.07, 6.45) is 16.2. The second-order valence-electron chi connectivity index (χ2n) is 3.79. The van der Waals surface area contributed by atoms with Crippen molar-refractivity contribution in [1.29, 1.82) is 0 Å². The highest BCUT2D eigenvalue weighted by molar-refractivity contribution is 7.16. The second kappa shape index (κ2) is 11.1. The van der Waals surface area contributed by atoms with Crippen LogP contribution in [0.15, 0.2) is 0 Å². The molecule has 0 heterocycles. The van der Waals surface area contributed by atoms with E-state index < -0.39 is 0 Å². The molecule has 18 heavy (non-hydrogen) atoms. The summed E-state index contributed by atoms with van der Waals surface area (Å²) < 4.78 is 16.2. The fourth-order valence-electron chi connectivity index (χ4n) is 1.28. The Morgan fingerprint density at radius 2 is 1.11 bits per heavy atom. The molecule has 0 amide bonds. The van der Waals surface area contributed by atoms with Crippen LogP contribution >= 0.6 is 9.24 Å². The quantitative estimate of drug-likeness (QED) is 0.332. The van der Waals surface area contributed by atoms with Gasteiger partial charge in [0.1, 0.15) is 19.8 Å². The van der Waals surface area contributed by atoms with Crippen LogP contribution in [0, 0.1) is 42.4 Å². The number of hydrogen-bond donors (Lipinski definition) is 0. The van der Waals surface area contributed by atoms with Crippen LogP contribution in [0.25, 0.3) is 0 Å². The topological polar surface area (TPSA) is 27.7 Å². The zero-order valence-corrected chi connectivity index (χ0v) is 11.6. The number of terminal acetylenes is 3. The first-order valence-corrected chi connectivity index (χ1v) is 6.30. The third-order valence-corrected chi connectivity index (χ3v) is 3.08. The van der Waals surface area contributed by atoms with Crippen LogP contribution in [0.5, 0.6) is 0 Å². The Bertz CT molecular complexity index is 282. The fourth-order valence-corrected chi connectivity index (χ4v) is 1.63. The summed E-state index contributed by atoms with van der Waals surface area (Å²) in [5, 5.41) is 0. The summed E-state index contributed by atoms with van der Waals surface area (Å²) >= 11 is 0. The van der Waals surface area contributed by atoms with Crippen molar-refractivity contribution in [2.45, 2.75) is 0 Å². The summed E-state index contributed by atoms with van der Waals surface area (Å²) in [6, 6.07) is 0. The molecule has 0 saturated carbocycles. The largest absolute Gasteiger partial charge is 0.368 e. The van der Waals surface area contributed by atoms with E-state index in [1.165, 1.54) is 0 Å². The number of ether oxygens (including phenoxy) is 3. The molecule has 98 valence electrons. The highest BCUT2D eigenvalue weighted by atomic mass is 31.0. The van der Waals surface area contributed by atoms with Gasteiger partial charge in [-0.1, -0.05) is 17.8 Å². The van der Waals surface area contributed by atoms with Crippen LogP contribution in [0.1, 0.15) is 0 Å². The first-order valence-electron chi connectivity index (χ1n) is 5.48. The van der Waals surface area contributed by atoms with Gasteiger partial charge in [0.15, 0.2) is 0 Å². The molecule has 0 saturated heterocycles. The van der Waals surface area contributed by atoms with Crippen LogP contribution in [0.2, 0.25) is 0 Å². The molecule has 0 aromatic rings. The molecular weight excluding hydrogens is 247 g/mol. The third-order valence-electron chi connectivity index (χ3n) is 2.21. The average molecular weight is 266 g/mol. The van der Waals surface area contributed by atoms with Crippen molar-refractivity contribution in [2.24, 2.45) is 5.41 Å². The van der Waals surface area contributed by atoms with Gasteiger partial charge in [0.25, 0.3) is 0 Å². The van der Waals surface area contributed by atoms with Crippen LogP contribution < -0.4 is 0 Å². The standard InChI is InChI=1S/C14H19O3P/c1-4-7-15-10-14(13-18,11-16-8-5-2)12-17-9-6-3/h1-3H,7-13,18H2. The lowest BCUT2D eigenvalue weighted by Gasteiger charge is -2.31. The van der Waals surface area contributed by atoms with E-state index in [1.807, 2.05) is 0 Å². The van der Waals surface area contributed by atoms with Gasteiger partial charge in [-0.05, 0) is 6.16 Å². The first kappa shape index (κ1) is 17.0. The first-order chi connectivity index (χ1) is 8.74. The lowest BCUT2D eigenvalue weighted by molar-refractivity contribution is -0.0410. The van der Waals surface area contributed by atoms with E-state index in [4.69, 9.17) is 33.5 Å². The van der Waals surface area contributed by atoms with Crippen molar-refractivity contribution in [2.75, 3.05) is 45.8 Å². The molecule has 1 atom stereocenters. The molecule has 0 aliphatic rings. The molecule has 0 bridgehead atoms. The molecule has 0 rings (SSSR count). The Balaban J connectivity index is 4.36. The SMILES string of the molecule is C#CCOCC(CP)(COCC#C)COCC#C. The number of rotatable bonds is 10. The minimum absolute atomic E-state index is 0.261. The van der Waals surface area contributed by atoms with Crippen molar-refractivity contribution in [3.63, 3.8) is 0 Å². The van der Waals surface area contributed by atoms with Crippen molar-refractivity contribution >= 4 is 9.24 Å².